The number of hydrogen-bond acceptors (Lipinski definition) is 3. The van der Waals surface area contributed by atoms with Crippen molar-refractivity contribution in [2.45, 2.75) is 13.0 Å². The van der Waals surface area contributed by atoms with Crippen LogP contribution in [0, 0.1) is 11.3 Å². The van der Waals surface area contributed by atoms with Gasteiger partial charge < -0.3 is 0 Å². The van der Waals surface area contributed by atoms with Crippen molar-refractivity contribution < 1.29 is 0 Å². The lowest BCUT2D eigenvalue weighted by Gasteiger charge is -2.05. The van der Waals surface area contributed by atoms with E-state index in [1.54, 1.807) is 11.3 Å². The van der Waals surface area contributed by atoms with Gasteiger partial charge >= 0.3 is 0 Å². The van der Waals surface area contributed by atoms with Gasteiger partial charge in [-0.25, -0.2) is 0 Å². The first-order valence-corrected chi connectivity index (χ1v) is 5.32. The zero-order valence-electron chi connectivity index (χ0n) is 6.67. The van der Waals surface area contributed by atoms with E-state index in [1.165, 1.54) is 0 Å². The highest BCUT2D eigenvalue weighted by atomic mass is 79.9. The van der Waals surface area contributed by atoms with Crippen molar-refractivity contribution in [3.05, 3.63) is 20.8 Å². The molecule has 0 aromatic carbocycles. The minimum Gasteiger partial charge on any atom is -0.298 e. The van der Waals surface area contributed by atoms with E-state index in [4.69, 9.17) is 5.26 Å². The van der Waals surface area contributed by atoms with Gasteiger partial charge in [-0.3, -0.25) is 5.32 Å². The maximum Gasteiger partial charge on any atom is 0.130 e. The molecule has 1 N–H and O–H groups in total. The Morgan fingerprint density at radius 2 is 2.58 bits per heavy atom. The lowest BCUT2D eigenvalue weighted by Crippen LogP contribution is -2.17. The number of halogens is 1. The molecule has 1 heterocycles. The topological polar surface area (TPSA) is 35.8 Å². The number of nitriles is 1. The fourth-order valence-corrected chi connectivity index (χ4v) is 2.36. The first kappa shape index (κ1) is 9.72. The van der Waals surface area contributed by atoms with Crippen LogP contribution in [0.5, 0.6) is 0 Å². The van der Waals surface area contributed by atoms with Crippen LogP contribution in [0.2, 0.25) is 0 Å². The summed E-state index contributed by atoms with van der Waals surface area (Å²) in [4.78, 5) is 1.06. The summed E-state index contributed by atoms with van der Waals surface area (Å²) in [6.07, 6.45) is 0. The maximum atomic E-state index is 8.80. The van der Waals surface area contributed by atoms with Gasteiger partial charge in [0.1, 0.15) is 6.04 Å². The quantitative estimate of drug-likeness (QED) is 0.888. The normalized spacial score (nSPS) is 12.4. The summed E-state index contributed by atoms with van der Waals surface area (Å²) in [5.41, 5.74) is 0. The molecule has 0 aliphatic heterocycles. The standard InChI is InChI=1S/C8H9BrN2S/c1-2-11-7(4-10)8-3-6(9)5-12-8/h3,5,7,11H,2H2,1H3. The van der Waals surface area contributed by atoms with E-state index >= 15 is 0 Å². The van der Waals surface area contributed by atoms with Crippen LogP contribution in [0.15, 0.2) is 15.9 Å². The number of nitrogens with zero attached hydrogens (tertiary/aromatic N) is 1. The Morgan fingerprint density at radius 1 is 1.83 bits per heavy atom. The second kappa shape index (κ2) is 4.61. The monoisotopic (exact) mass is 244 g/mol. The summed E-state index contributed by atoms with van der Waals surface area (Å²) in [5, 5.41) is 13.9. The molecule has 0 radical (unpaired) electrons. The van der Waals surface area contributed by atoms with Gasteiger partial charge in [-0.1, -0.05) is 6.92 Å². The van der Waals surface area contributed by atoms with Crippen molar-refractivity contribution in [3.63, 3.8) is 0 Å². The zero-order valence-corrected chi connectivity index (χ0v) is 9.08. The third-order valence-electron chi connectivity index (χ3n) is 1.41. The molecule has 0 saturated heterocycles. The van der Waals surface area contributed by atoms with Crippen LogP contribution in [0.4, 0.5) is 0 Å². The summed E-state index contributed by atoms with van der Waals surface area (Å²) in [6.45, 7) is 2.81. The molecule has 1 aromatic heterocycles. The minimum atomic E-state index is -0.161. The third kappa shape index (κ3) is 2.31. The molecule has 0 spiro atoms. The molecular formula is C8H9BrN2S. The van der Waals surface area contributed by atoms with Crippen LogP contribution >= 0.6 is 27.3 Å². The molecule has 0 fully saturated rings. The second-order valence-corrected chi connectivity index (χ2v) is 4.15. The molecule has 1 aromatic rings. The first-order chi connectivity index (χ1) is 5.77. The predicted octanol–water partition coefficient (Wildman–Crippen LogP) is 2.68. The Morgan fingerprint density at radius 3 is 3.00 bits per heavy atom. The van der Waals surface area contributed by atoms with Crippen molar-refractivity contribution >= 4 is 27.3 Å². The van der Waals surface area contributed by atoms with E-state index in [9.17, 15) is 0 Å². The van der Waals surface area contributed by atoms with Crippen LogP contribution < -0.4 is 5.32 Å². The molecule has 0 amide bonds. The Balaban J connectivity index is 2.74. The number of hydrogen-bond donors (Lipinski definition) is 1. The van der Waals surface area contributed by atoms with Crippen LogP contribution in [0.1, 0.15) is 17.8 Å². The molecule has 0 bridgehead atoms. The van der Waals surface area contributed by atoms with Gasteiger partial charge in [0.25, 0.3) is 0 Å². The highest BCUT2D eigenvalue weighted by Gasteiger charge is 2.10. The van der Waals surface area contributed by atoms with E-state index in [-0.39, 0.29) is 6.04 Å². The van der Waals surface area contributed by atoms with Gasteiger partial charge in [0.05, 0.1) is 6.07 Å². The summed E-state index contributed by atoms with van der Waals surface area (Å²) in [6, 6.07) is 4.02. The molecular weight excluding hydrogens is 236 g/mol. The molecule has 0 aliphatic carbocycles. The molecule has 2 nitrogen and oxygen atoms in total. The smallest absolute Gasteiger partial charge is 0.130 e. The third-order valence-corrected chi connectivity index (χ3v) is 3.17. The number of thiophene rings is 1. The van der Waals surface area contributed by atoms with Crippen LogP contribution in [-0.2, 0) is 0 Å². The molecule has 0 aliphatic rings. The minimum absolute atomic E-state index is 0.161. The zero-order chi connectivity index (χ0) is 8.97. The highest BCUT2D eigenvalue weighted by Crippen LogP contribution is 2.24. The summed E-state index contributed by atoms with van der Waals surface area (Å²) in [5.74, 6) is 0. The van der Waals surface area contributed by atoms with Gasteiger partial charge in [-0.2, -0.15) is 5.26 Å². The molecule has 12 heavy (non-hydrogen) atoms. The van der Waals surface area contributed by atoms with Gasteiger partial charge in [-0.05, 0) is 28.5 Å². The largest absolute Gasteiger partial charge is 0.298 e. The first-order valence-electron chi connectivity index (χ1n) is 3.65. The summed E-state index contributed by atoms with van der Waals surface area (Å²) in [7, 11) is 0. The Bertz CT molecular complexity index is 289. The maximum absolute atomic E-state index is 8.80. The fraction of sp³-hybridized carbons (Fsp3) is 0.375. The summed E-state index contributed by atoms with van der Waals surface area (Å²) < 4.78 is 1.04. The van der Waals surface area contributed by atoms with Crippen molar-refractivity contribution in [2.24, 2.45) is 0 Å². The van der Waals surface area contributed by atoms with Crippen molar-refractivity contribution in [3.8, 4) is 6.07 Å². The fourth-order valence-electron chi connectivity index (χ4n) is 0.894. The van der Waals surface area contributed by atoms with E-state index < -0.39 is 0 Å². The SMILES string of the molecule is CCNC(C#N)c1cc(Br)cs1. The van der Waals surface area contributed by atoms with Crippen LogP contribution in [0.25, 0.3) is 0 Å². The Labute approximate surface area is 84.3 Å². The predicted molar refractivity (Wildman–Crippen MR) is 54.0 cm³/mol. The van der Waals surface area contributed by atoms with Gasteiger partial charge in [0, 0.05) is 14.7 Å². The van der Waals surface area contributed by atoms with E-state index in [2.05, 4.69) is 27.3 Å². The average molecular weight is 245 g/mol. The second-order valence-electron chi connectivity index (χ2n) is 2.29. The molecule has 64 valence electrons. The Kier molecular flexibility index (Phi) is 3.73. The lowest BCUT2D eigenvalue weighted by atomic mass is 10.3. The molecule has 0 saturated carbocycles. The van der Waals surface area contributed by atoms with E-state index in [0.29, 0.717) is 0 Å². The number of nitrogens with one attached hydrogen (secondary N) is 1. The average Bonchev–Trinajstić information content (AvgIpc) is 2.47. The summed E-state index contributed by atoms with van der Waals surface area (Å²) >= 11 is 4.94. The number of rotatable bonds is 3. The van der Waals surface area contributed by atoms with E-state index in [1.807, 2.05) is 18.4 Å². The molecule has 1 unspecified atom stereocenters. The van der Waals surface area contributed by atoms with Gasteiger partial charge in [-0.15, -0.1) is 11.3 Å². The van der Waals surface area contributed by atoms with E-state index in [0.717, 1.165) is 15.9 Å². The Hall–Kier alpha value is -0.370. The van der Waals surface area contributed by atoms with Crippen molar-refractivity contribution in [1.82, 2.24) is 5.32 Å². The molecule has 4 heteroatoms. The van der Waals surface area contributed by atoms with Gasteiger partial charge in [0.2, 0.25) is 0 Å². The van der Waals surface area contributed by atoms with Crippen molar-refractivity contribution in [1.29, 1.82) is 5.26 Å². The van der Waals surface area contributed by atoms with Gasteiger partial charge in [0.15, 0.2) is 0 Å². The molecule has 1 rings (SSSR count). The molecule has 1 atom stereocenters. The van der Waals surface area contributed by atoms with Crippen LogP contribution in [-0.4, -0.2) is 6.54 Å². The lowest BCUT2D eigenvalue weighted by molar-refractivity contribution is 0.667. The van der Waals surface area contributed by atoms with Crippen LogP contribution in [0.3, 0.4) is 0 Å². The highest BCUT2D eigenvalue weighted by molar-refractivity contribution is 9.10. The van der Waals surface area contributed by atoms with Crippen molar-refractivity contribution in [2.75, 3.05) is 6.54 Å².